The molecule has 2 aromatic carbocycles. The highest BCUT2D eigenvalue weighted by Crippen LogP contribution is 2.39. The molecule has 0 fully saturated rings. The fraction of sp³-hybridized carbons (Fsp3) is 0.350. The molecule has 0 saturated heterocycles. The fourth-order valence-electron chi connectivity index (χ4n) is 2.73. The number of benzene rings is 2. The van der Waals surface area contributed by atoms with Crippen molar-refractivity contribution in [1.82, 2.24) is 5.32 Å². The summed E-state index contributed by atoms with van der Waals surface area (Å²) in [7, 11) is 6.07. The largest absolute Gasteiger partial charge is 0.493 e. The van der Waals surface area contributed by atoms with Gasteiger partial charge in [0.2, 0.25) is 5.75 Å². The first-order valence-corrected chi connectivity index (χ1v) is 8.66. The van der Waals surface area contributed by atoms with Crippen LogP contribution in [-0.4, -0.2) is 40.9 Å². The van der Waals surface area contributed by atoms with Gasteiger partial charge in [-0.05, 0) is 36.8 Å². The van der Waals surface area contributed by atoms with Crippen LogP contribution in [0.25, 0.3) is 0 Å². The van der Waals surface area contributed by atoms with Crippen molar-refractivity contribution in [2.24, 2.45) is 0 Å². The summed E-state index contributed by atoms with van der Waals surface area (Å²) in [5.41, 5.74) is 0.446. The maximum Gasteiger partial charge on any atom is 0.255 e. The van der Waals surface area contributed by atoms with Crippen LogP contribution in [-0.2, 0) is 10.3 Å². The molecule has 27 heavy (non-hydrogen) atoms. The first-order chi connectivity index (χ1) is 12.9. The van der Waals surface area contributed by atoms with Crippen LogP contribution in [0.1, 0.15) is 22.8 Å². The molecule has 0 aromatic heterocycles. The SMILES string of the molecule is COc1ccc(C(=O)NCC(C)(OC)c2cccc(Cl)c2)c(OC)c1OC. The van der Waals surface area contributed by atoms with E-state index in [2.05, 4.69) is 5.32 Å². The van der Waals surface area contributed by atoms with Gasteiger partial charge in [-0.25, -0.2) is 0 Å². The predicted molar refractivity (Wildman–Crippen MR) is 104 cm³/mol. The van der Waals surface area contributed by atoms with Crippen LogP contribution in [0.4, 0.5) is 0 Å². The van der Waals surface area contributed by atoms with E-state index in [1.165, 1.54) is 21.3 Å². The van der Waals surface area contributed by atoms with Crippen LogP contribution >= 0.6 is 11.6 Å². The van der Waals surface area contributed by atoms with Gasteiger partial charge in [-0.1, -0.05) is 23.7 Å². The summed E-state index contributed by atoms with van der Waals surface area (Å²) in [6.07, 6.45) is 0. The van der Waals surface area contributed by atoms with Gasteiger partial charge in [-0.3, -0.25) is 4.79 Å². The normalized spacial score (nSPS) is 12.8. The highest BCUT2D eigenvalue weighted by Gasteiger charge is 2.28. The Balaban J connectivity index is 2.26. The number of rotatable bonds is 8. The lowest BCUT2D eigenvalue weighted by Crippen LogP contribution is -2.40. The average molecular weight is 394 g/mol. The second-order valence-corrected chi connectivity index (χ2v) is 6.45. The molecule has 146 valence electrons. The molecule has 0 saturated carbocycles. The Hall–Kier alpha value is -2.44. The van der Waals surface area contributed by atoms with Crippen molar-refractivity contribution in [2.45, 2.75) is 12.5 Å². The smallest absolute Gasteiger partial charge is 0.255 e. The molecule has 0 bridgehead atoms. The maximum absolute atomic E-state index is 12.8. The first-order valence-electron chi connectivity index (χ1n) is 8.28. The second-order valence-electron chi connectivity index (χ2n) is 6.01. The third-order valence-corrected chi connectivity index (χ3v) is 4.66. The Bertz CT molecular complexity index is 811. The molecular formula is C20H24ClNO5. The van der Waals surface area contributed by atoms with Gasteiger partial charge in [0.1, 0.15) is 5.60 Å². The zero-order valence-electron chi connectivity index (χ0n) is 16.1. The summed E-state index contributed by atoms with van der Waals surface area (Å²) in [5.74, 6) is 0.817. The summed E-state index contributed by atoms with van der Waals surface area (Å²) in [5, 5.41) is 3.49. The molecule has 1 amide bonds. The fourth-order valence-corrected chi connectivity index (χ4v) is 2.92. The third kappa shape index (κ3) is 4.46. The van der Waals surface area contributed by atoms with Crippen LogP contribution < -0.4 is 19.5 Å². The minimum absolute atomic E-state index is 0.236. The number of carbonyl (C=O) groups is 1. The Kier molecular flexibility index (Phi) is 6.93. The van der Waals surface area contributed by atoms with Crippen LogP contribution in [0.3, 0.4) is 0 Å². The molecule has 0 radical (unpaired) electrons. The number of halogens is 1. The molecule has 1 unspecified atom stereocenters. The zero-order valence-corrected chi connectivity index (χ0v) is 16.8. The number of carbonyl (C=O) groups excluding carboxylic acids is 1. The van der Waals surface area contributed by atoms with Crippen molar-refractivity contribution < 1.29 is 23.7 Å². The van der Waals surface area contributed by atoms with E-state index in [9.17, 15) is 4.79 Å². The molecular weight excluding hydrogens is 370 g/mol. The maximum atomic E-state index is 12.8. The van der Waals surface area contributed by atoms with Gasteiger partial charge >= 0.3 is 0 Å². The van der Waals surface area contributed by atoms with Crippen molar-refractivity contribution in [3.05, 3.63) is 52.5 Å². The van der Waals surface area contributed by atoms with Crippen LogP contribution in [0, 0.1) is 0 Å². The first kappa shape index (κ1) is 20.9. The van der Waals surface area contributed by atoms with Crippen molar-refractivity contribution >= 4 is 17.5 Å². The number of hydrogen-bond donors (Lipinski definition) is 1. The molecule has 1 atom stereocenters. The van der Waals surface area contributed by atoms with Gasteiger partial charge in [0.25, 0.3) is 5.91 Å². The summed E-state index contributed by atoms with van der Waals surface area (Å²) in [4.78, 5) is 12.8. The van der Waals surface area contributed by atoms with Gasteiger partial charge in [-0.2, -0.15) is 0 Å². The standard InChI is InChI=1S/C20H24ClNO5/c1-20(27-5,13-7-6-8-14(21)11-13)12-22-19(23)15-9-10-16(24-2)18(26-4)17(15)25-3/h6-11H,12H2,1-5H3,(H,22,23). The predicted octanol–water partition coefficient (Wildman–Crippen LogP) is 3.66. The van der Waals surface area contributed by atoms with E-state index in [-0.39, 0.29) is 12.5 Å². The molecule has 2 aromatic rings. The number of nitrogens with one attached hydrogen (secondary N) is 1. The van der Waals surface area contributed by atoms with E-state index in [0.717, 1.165) is 5.56 Å². The molecule has 0 aliphatic heterocycles. The van der Waals surface area contributed by atoms with Crippen LogP contribution in [0.2, 0.25) is 5.02 Å². The lowest BCUT2D eigenvalue weighted by atomic mass is 9.95. The monoisotopic (exact) mass is 393 g/mol. The molecule has 0 aliphatic rings. The Morgan fingerprint density at radius 3 is 2.30 bits per heavy atom. The molecule has 1 N–H and O–H groups in total. The number of ether oxygens (including phenoxy) is 4. The highest BCUT2D eigenvalue weighted by molar-refractivity contribution is 6.30. The van der Waals surface area contributed by atoms with Crippen LogP contribution in [0.15, 0.2) is 36.4 Å². The highest BCUT2D eigenvalue weighted by atomic mass is 35.5. The molecule has 0 spiro atoms. The topological polar surface area (TPSA) is 66.0 Å². The van der Waals surface area contributed by atoms with Gasteiger partial charge in [0, 0.05) is 12.1 Å². The molecule has 6 nitrogen and oxygen atoms in total. The third-order valence-electron chi connectivity index (χ3n) is 4.42. The Morgan fingerprint density at radius 1 is 1.04 bits per heavy atom. The van der Waals surface area contributed by atoms with Gasteiger partial charge in [-0.15, -0.1) is 0 Å². The van der Waals surface area contributed by atoms with Crippen LogP contribution in [0.5, 0.6) is 17.2 Å². The number of amides is 1. The van der Waals surface area contributed by atoms with Gasteiger partial charge in [0.15, 0.2) is 11.5 Å². The minimum atomic E-state index is -0.746. The van der Waals surface area contributed by atoms with E-state index in [0.29, 0.717) is 27.8 Å². The number of methoxy groups -OCH3 is 4. The van der Waals surface area contributed by atoms with E-state index >= 15 is 0 Å². The summed E-state index contributed by atoms with van der Waals surface area (Å²) in [6.45, 7) is 2.12. The van der Waals surface area contributed by atoms with E-state index in [1.807, 2.05) is 25.1 Å². The lowest BCUT2D eigenvalue weighted by molar-refractivity contribution is 0.00313. The van der Waals surface area contributed by atoms with Crippen molar-refractivity contribution in [1.29, 1.82) is 0 Å². The van der Waals surface area contributed by atoms with Crippen molar-refractivity contribution in [3.8, 4) is 17.2 Å². The number of hydrogen-bond acceptors (Lipinski definition) is 5. The van der Waals surface area contributed by atoms with Gasteiger partial charge < -0.3 is 24.3 Å². The average Bonchev–Trinajstić information content (AvgIpc) is 2.70. The Morgan fingerprint density at radius 2 is 1.74 bits per heavy atom. The summed E-state index contributed by atoms with van der Waals surface area (Å²) >= 11 is 6.08. The molecule has 7 heteroatoms. The molecule has 0 aliphatic carbocycles. The second kappa shape index (κ2) is 8.97. The van der Waals surface area contributed by atoms with Crippen molar-refractivity contribution in [2.75, 3.05) is 35.0 Å². The minimum Gasteiger partial charge on any atom is -0.493 e. The summed E-state index contributed by atoms with van der Waals surface area (Å²) < 4.78 is 21.6. The quantitative estimate of drug-likeness (QED) is 0.741. The molecule has 2 rings (SSSR count). The van der Waals surface area contributed by atoms with Gasteiger partial charge in [0.05, 0.1) is 33.4 Å². The lowest BCUT2D eigenvalue weighted by Gasteiger charge is -2.29. The molecule has 0 heterocycles. The van der Waals surface area contributed by atoms with E-state index < -0.39 is 5.60 Å². The van der Waals surface area contributed by atoms with Crippen molar-refractivity contribution in [3.63, 3.8) is 0 Å². The Labute approximate surface area is 164 Å². The zero-order chi connectivity index (χ0) is 20.0. The van der Waals surface area contributed by atoms with E-state index in [4.69, 9.17) is 30.5 Å². The summed E-state index contributed by atoms with van der Waals surface area (Å²) in [6, 6.07) is 10.6. The van der Waals surface area contributed by atoms with E-state index in [1.54, 1.807) is 25.3 Å².